The van der Waals surface area contributed by atoms with Crippen LogP contribution in [0.2, 0.25) is 10.0 Å². The van der Waals surface area contributed by atoms with Gasteiger partial charge >= 0.3 is 11.8 Å². The van der Waals surface area contributed by atoms with Crippen molar-refractivity contribution in [3.05, 3.63) is 93.0 Å². The zero-order chi connectivity index (χ0) is 24.0. The average Bonchev–Trinajstić information content (AvgIpc) is 2.79. The summed E-state index contributed by atoms with van der Waals surface area (Å²) in [7, 11) is 0. The van der Waals surface area contributed by atoms with Gasteiger partial charge in [-0.25, -0.2) is 5.43 Å². The number of halogens is 2. The van der Waals surface area contributed by atoms with Gasteiger partial charge in [0.25, 0.3) is 0 Å². The van der Waals surface area contributed by atoms with Crippen LogP contribution in [-0.2, 0) is 16.2 Å². The lowest BCUT2D eigenvalue weighted by Crippen LogP contribution is -2.33. The van der Waals surface area contributed by atoms with E-state index < -0.39 is 11.8 Å². The first-order chi connectivity index (χ1) is 15.8. The number of rotatable bonds is 6. The van der Waals surface area contributed by atoms with Crippen molar-refractivity contribution < 1.29 is 14.3 Å². The Morgan fingerprint density at radius 1 is 0.879 bits per heavy atom. The fraction of sp³-hybridized carbons (Fsp3) is 0.160. The predicted octanol–water partition coefficient (Wildman–Crippen LogP) is 5.67. The normalized spacial score (nSPS) is 11.1. The van der Waals surface area contributed by atoms with E-state index in [4.69, 9.17) is 27.9 Å². The summed E-state index contributed by atoms with van der Waals surface area (Å²) in [5.41, 5.74) is 6.65. The first kappa shape index (κ1) is 24.3. The van der Waals surface area contributed by atoms with Crippen LogP contribution in [0.4, 0.5) is 5.69 Å². The minimum atomic E-state index is -0.853. The van der Waals surface area contributed by atoms with Gasteiger partial charge in [-0.05, 0) is 73.9 Å². The van der Waals surface area contributed by atoms with Gasteiger partial charge in [-0.2, -0.15) is 5.10 Å². The standard InChI is InChI=1S/C25H23Cl2N3O3/c1-15-6-4-7-16(2)23(15)28-24(31)25(32)30-29-17(3)18-10-12-19(13-11-18)33-14-20-21(26)8-5-9-22(20)27/h4-13H,14H2,1-3H3,(H,28,31)(H,30,32)/b29-17+. The molecule has 0 aliphatic heterocycles. The summed E-state index contributed by atoms with van der Waals surface area (Å²) in [6, 6.07) is 18.0. The van der Waals surface area contributed by atoms with E-state index in [1.165, 1.54) is 0 Å². The molecule has 0 unspecified atom stereocenters. The molecule has 2 N–H and O–H groups in total. The van der Waals surface area contributed by atoms with Gasteiger partial charge in [0.2, 0.25) is 0 Å². The number of para-hydroxylation sites is 1. The zero-order valence-corrected chi connectivity index (χ0v) is 19.9. The Kier molecular flexibility index (Phi) is 8.09. The lowest BCUT2D eigenvalue weighted by Gasteiger charge is -2.11. The molecule has 0 aromatic heterocycles. The van der Waals surface area contributed by atoms with Crippen molar-refractivity contribution in [2.75, 3.05) is 5.32 Å². The van der Waals surface area contributed by atoms with Gasteiger partial charge in [0.05, 0.1) is 5.71 Å². The van der Waals surface area contributed by atoms with Crippen molar-refractivity contribution in [3.63, 3.8) is 0 Å². The second kappa shape index (κ2) is 11.0. The van der Waals surface area contributed by atoms with Gasteiger partial charge in [0.15, 0.2) is 0 Å². The Balaban J connectivity index is 1.58. The van der Waals surface area contributed by atoms with Crippen LogP contribution in [-0.4, -0.2) is 17.5 Å². The number of nitrogens with zero attached hydrogens (tertiary/aromatic N) is 1. The molecule has 0 atom stereocenters. The first-order valence-corrected chi connectivity index (χ1v) is 10.9. The van der Waals surface area contributed by atoms with Crippen LogP contribution in [0, 0.1) is 13.8 Å². The van der Waals surface area contributed by atoms with Crippen LogP contribution in [0.5, 0.6) is 5.75 Å². The number of benzene rings is 3. The third-order valence-electron chi connectivity index (χ3n) is 4.97. The van der Waals surface area contributed by atoms with E-state index in [0.717, 1.165) is 16.7 Å². The number of hydrazone groups is 1. The maximum Gasteiger partial charge on any atom is 0.329 e. The summed E-state index contributed by atoms with van der Waals surface area (Å²) in [6.45, 7) is 5.68. The molecule has 0 saturated carbocycles. The summed E-state index contributed by atoms with van der Waals surface area (Å²) in [4.78, 5) is 24.4. The van der Waals surface area contributed by atoms with Crippen molar-refractivity contribution in [1.29, 1.82) is 0 Å². The number of anilines is 1. The van der Waals surface area contributed by atoms with Gasteiger partial charge < -0.3 is 10.1 Å². The van der Waals surface area contributed by atoms with E-state index >= 15 is 0 Å². The molecule has 0 aliphatic carbocycles. The Morgan fingerprint density at radius 3 is 2.06 bits per heavy atom. The number of carbonyl (C=O) groups excluding carboxylic acids is 2. The van der Waals surface area contributed by atoms with Gasteiger partial charge in [0.1, 0.15) is 12.4 Å². The maximum absolute atomic E-state index is 12.2. The largest absolute Gasteiger partial charge is 0.489 e. The highest BCUT2D eigenvalue weighted by Crippen LogP contribution is 2.26. The smallest absolute Gasteiger partial charge is 0.329 e. The van der Waals surface area contributed by atoms with E-state index in [-0.39, 0.29) is 6.61 Å². The van der Waals surface area contributed by atoms with E-state index in [0.29, 0.717) is 32.8 Å². The average molecular weight is 484 g/mol. The summed E-state index contributed by atoms with van der Waals surface area (Å²) in [5, 5.41) is 7.74. The molecule has 0 aliphatic rings. The number of amides is 2. The molecule has 0 heterocycles. The summed E-state index contributed by atoms with van der Waals surface area (Å²) in [6.07, 6.45) is 0. The van der Waals surface area contributed by atoms with Crippen LogP contribution in [0.25, 0.3) is 0 Å². The number of hydrogen-bond acceptors (Lipinski definition) is 4. The predicted molar refractivity (Wildman–Crippen MR) is 132 cm³/mol. The molecule has 3 rings (SSSR count). The van der Waals surface area contributed by atoms with Crippen molar-refractivity contribution >= 4 is 46.4 Å². The highest BCUT2D eigenvalue weighted by molar-refractivity contribution is 6.39. The molecule has 170 valence electrons. The second-order valence-electron chi connectivity index (χ2n) is 7.37. The number of nitrogens with one attached hydrogen (secondary N) is 2. The Bertz CT molecular complexity index is 1170. The van der Waals surface area contributed by atoms with Crippen LogP contribution in [0.15, 0.2) is 65.8 Å². The molecule has 2 amide bonds. The van der Waals surface area contributed by atoms with E-state index in [1.54, 1.807) is 49.4 Å². The van der Waals surface area contributed by atoms with Gasteiger partial charge in [-0.15, -0.1) is 0 Å². The summed E-state index contributed by atoms with van der Waals surface area (Å²) >= 11 is 12.3. The van der Waals surface area contributed by atoms with Gasteiger partial charge in [0, 0.05) is 21.3 Å². The second-order valence-corrected chi connectivity index (χ2v) is 8.19. The highest BCUT2D eigenvalue weighted by atomic mass is 35.5. The number of aryl methyl sites for hydroxylation is 2. The molecule has 0 radical (unpaired) electrons. The first-order valence-electron chi connectivity index (χ1n) is 10.1. The topological polar surface area (TPSA) is 79.8 Å². The fourth-order valence-corrected chi connectivity index (χ4v) is 3.56. The number of ether oxygens (including phenoxy) is 1. The van der Waals surface area contributed by atoms with Crippen molar-refractivity contribution in [2.24, 2.45) is 5.10 Å². The summed E-state index contributed by atoms with van der Waals surface area (Å²) < 4.78 is 5.76. The van der Waals surface area contributed by atoms with Gasteiger partial charge in [-0.1, -0.05) is 47.5 Å². The Hall–Kier alpha value is -3.35. The molecular formula is C25H23Cl2N3O3. The molecule has 8 heteroatoms. The van der Waals surface area contributed by atoms with Crippen LogP contribution in [0.1, 0.15) is 29.2 Å². The van der Waals surface area contributed by atoms with E-state index in [1.807, 2.05) is 32.0 Å². The Morgan fingerprint density at radius 2 is 1.45 bits per heavy atom. The number of carbonyl (C=O) groups is 2. The minimum Gasteiger partial charge on any atom is -0.489 e. The van der Waals surface area contributed by atoms with Crippen molar-refractivity contribution in [2.45, 2.75) is 27.4 Å². The van der Waals surface area contributed by atoms with Crippen LogP contribution >= 0.6 is 23.2 Å². The highest BCUT2D eigenvalue weighted by Gasteiger charge is 2.15. The molecule has 3 aromatic carbocycles. The SMILES string of the molecule is C/C(=N\NC(=O)C(=O)Nc1c(C)cccc1C)c1ccc(OCc2c(Cl)cccc2Cl)cc1. The zero-order valence-electron chi connectivity index (χ0n) is 18.4. The molecule has 3 aromatic rings. The van der Waals surface area contributed by atoms with Crippen LogP contribution in [0.3, 0.4) is 0 Å². The summed E-state index contributed by atoms with van der Waals surface area (Å²) in [5.74, 6) is -1.01. The molecule has 0 spiro atoms. The molecule has 0 fully saturated rings. The van der Waals surface area contributed by atoms with Crippen molar-refractivity contribution in [1.82, 2.24) is 5.43 Å². The lowest BCUT2D eigenvalue weighted by molar-refractivity contribution is -0.136. The molecular weight excluding hydrogens is 461 g/mol. The molecule has 0 saturated heterocycles. The van der Waals surface area contributed by atoms with Crippen molar-refractivity contribution in [3.8, 4) is 5.75 Å². The lowest BCUT2D eigenvalue weighted by atomic mass is 10.1. The third-order valence-corrected chi connectivity index (χ3v) is 5.68. The monoisotopic (exact) mass is 483 g/mol. The minimum absolute atomic E-state index is 0.233. The Labute approximate surface area is 202 Å². The fourth-order valence-electron chi connectivity index (χ4n) is 3.05. The third kappa shape index (κ3) is 6.34. The molecule has 0 bridgehead atoms. The molecule has 33 heavy (non-hydrogen) atoms. The van der Waals surface area contributed by atoms with E-state index in [2.05, 4.69) is 15.8 Å². The maximum atomic E-state index is 12.2. The molecule has 6 nitrogen and oxygen atoms in total. The van der Waals surface area contributed by atoms with Gasteiger partial charge in [-0.3, -0.25) is 9.59 Å². The van der Waals surface area contributed by atoms with E-state index in [9.17, 15) is 9.59 Å². The van der Waals surface area contributed by atoms with Crippen LogP contribution < -0.4 is 15.5 Å². The quantitative estimate of drug-likeness (QED) is 0.269. The number of hydrogen-bond donors (Lipinski definition) is 2.